The SMILES string of the molecule is Cc1cc(SCc2c(F)cccc2Cl)nc(C)n1. The Kier molecular flexibility index (Phi) is 4.19. The van der Waals surface area contributed by atoms with E-state index in [0.717, 1.165) is 16.5 Å². The molecule has 1 aromatic heterocycles. The van der Waals surface area contributed by atoms with Gasteiger partial charge in [-0.2, -0.15) is 0 Å². The van der Waals surface area contributed by atoms with Gasteiger partial charge in [0.15, 0.2) is 0 Å². The first-order valence-corrected chi connectivity index (χ1v) is 6.80. The Morgan fingerprint density at radius 3 is 2.72 bits per heavy atom. The maximum Gasteiger partial charge on any atom is 0.128 e. The van der Waals surface area contributed by atoms with Gasteiger partial charge < -0.3 is 0 Å². The van der Waals surface area contributed by atoms with Crippen LogP contribution in [0.2, 0.25) is 5.02 Å². The van der Waals surface area contributed by atoms with E-state index in [1.165, 1.54) is 17.8 Å². The predicted molar refractivity (Wildman–Crippen MR) is 72.5 cm³/mol. The monoisotopic (exact) mass is 282 g/mol. The summed E-state index contributed by atoms with van der Waals surface area (Å²) in [6, 6.07) is 6.59. The topological polar surface area (TPSA) is 25.8 Å². The number of benzene rings is 1. The van der Waals surface area contributed by atoms with Crippen molar-refractivity contribution in [2.75, 3.05) is 0 Å². The molecule has 18 heavy (non-hydrogen) atoms. The van der Waals surface area contributed by atoms with Crippen molar-refractivity contribution >= 4 is 23.4 Å². The standard InChI is InChI=1S/C13H12ClFN2S/c1-8-6-13(17-9(2)16-8)18-7-10-11(14)4-3-5-12(10)15/h3-6H,7H2,1-2H3. The Morgan fingerprint density at radius 2 is 2.06 bits per heavy atom. The minimum atomic E-state index is -0.280. The van der Waals surface area contributed by atoms with E-state index in [0.29, 0.717) is 16.3 Å². The molecule has 2 aromatic rings. The predicted octanol–water partition coefficient (Wildman–Crippen LogP) is 4.18. The Hall–Kier alpha value is -1.13. The van der Waals surface area contributed by atoms with Crippen LogP contribution in [0, 0.1) is 19.7 Å². The Bertz CT molecular complexity index is 534. The van der Waals surface area contributed by atoms with E-state index in [1.54, 1.807) is 12.1 Å². The van der Waals surface area contributed by atoms with Crippen LogP contribution >= 0.6 is 23.4 Å². The lowest BCUT2D eigenvalue weighted by Gasteiger charge is -2.06. The highest BCUT2D eigenvalue weighted by atomic mass is 35.5. The lowest BCUT2D eigenvalue weighted by molar-refractivity contribution is 0.617. The van der Waals surface area contributed by atoms with Gasteiger partial charge in [-0.3, -0.25) is 0 Å². The van der Waals surface area contributed by atoms with Gasteiger partial charge in [-0.25, -0.2) is 14.4 Å². The summed E-state index contributed by atoms with van der Waals surface area (Å²) in [5.41, 5.74) is 1.42. The molecule has 0 aliphatic carbocycles. The maximum atomic E-state index is 13.6. The number of hydrogen-bond donors (Lipinski definition) is 0. The van der Waals surface area contributed by atoms with Gasteiger partial charge in [-0.1, -0.05) is 17.7 Å². The van der Waals surface area contributed by atoms with Gasteiger partial charge in [0.05, 0.1) is 0 Å². The first-order chi connectivity index (χ1) is 8.56. The van der Waals surface area contributed by atoms with Crippen molar-refractivity contribution in [3.05, 3.63) is 52.2 Å². The molecule has 1 aromatic carbocycles. The molecule has 0 saturated carbocycles. The van der Waals surface area contributed by atoms with Crippen LogP contribution in [-0.2, 0) is 5.75 Å². The van der Waals surface area contributed by atoms with Crippen LogP contribution in [0.5, 0.6) is 0 Å². The number of thioether (sulfide) groups is 1. The van der Waals surface area contributed by atoms with Gasteiger partial charge in [-0.15, -0.1) is 11.8 Å². The molecular weight excluding hydrogens is 271 g/mol. The first-order valence-electron chi connectivity index (χ1n) is 5.44. The largest absolute Gasteiger partial charge is 0.238 e. The second-order valence-corrected chi connectivity index (χ2v) is 5.29. The molecule has 0 fully saturated rings. The fourth-order valence-corrected chi connectivity index (χ4v) is 2.92. The molecule has 0 amide bonds. The maximum absolute atomic E-state index is 13.6. The first kappa shape index (κ1) is 13.3. The number of aromatic nitrogens is 2. The van der Waals surface area contributed by atoms with Crippen LogP contribution in [-0.4, -0.2) is 9.97 Å². The Labute approximate surface area is 115 Å². The number of hydrogen-bond acceptors (Lipinski definition) is 3. The highest BCUT2D eigenvalue weighted by Crippen LogP contribution is 2.27. The van der Waals surface area contributed by atoms with Crippen LogP contribution in [0.1, 0.15) is 17.1 Å². The average Bonchev–Trinajstić information content (AvgIpc) is 2.27. The van der Waals surface area contributed by atoms with Crippen LogP contribution in [0.3, 0.4) is 0 Å². The van der Waals surface area contributed by atoms with Crippen molar-refractivity contribution in [2.24, 2.45) is 0 Å². The third kappa shape index (κ3) is 3.21. The van der Waals surface area contributed by atoms with Crippen molar-refractivity contribution in [1.82, 2.24) is 9.97 Å². The van der Waals surface area contributed by atoms with E-state index in [9.17, 15) is 4.39 Å². The average molecular weight is 283 g/mol. The second-order valence-electron chi connectivity index (χ2n) is 3.88. The third-order valence-electron chi connectivity index (χ3n) is 2.37. The minimum Gasteiger partial charge on any atom is -0.238 e. The number of aryl methyl sites for hydroxylation is 2. The zero-order valence-corrected chi connectivity index (χ0v) is 11.6. The third-order valence-corrected chi connectivity index (χ3v) is 3.66. The fourth-order valence-electron chi connectivity index (χ4n) is 1.57. The molecule has 0 spiro atoms. The van der Waals surface area contributed by atoms with E-state index in [2.05, 4.69) is 9.97 Å². The van der Waals surface area contributed by atoms with Crippen LogP contribution in [0.25, 0.3) is 0 Å². The summed E-state index contributed by atoms with van der Waals surface area (Å²) in [6.07, 6.45) is 0. The highest BCUT2D eigenvalue weighted by Gasteiger charge is 2.08. The van der Waals surface area contributed by atoms with E-state index < -0.39 is 0 Å². The van der Waals surface area contributed by atoms with Crippen molar-refractivity contribution in [1.29, 1.82) is 0 Å². The molecule has 0 radical (unpaired) electrons. The number of rotatable bonds is 3. The molecule has 2 nitrogen and oxygen atoms in total. The summed E-state index contributed by atoms with van der Waals surface area (Å²) >= 11 is 7.43. The van der Waals surface area contributed by atoms with Gasteiger partial charge in [0, 0.05) is 22.0 Å². The van der Waals surface area contributed by atoms with Crippen LogP contribution in [0.4, 0.5) is 4.39 Å². The minimum absolute atomic E-state index is 0.280. The lowest BCUT2D eigenvalue weighted by atomic mass is 10.2. The molecule has 2 rings (SSSR count). The van der Waals surface area contributed by atoms with E-state index in [-0.39, 0.29) is 5.82 Å². The molecule has 0 saturated heterocycles. The summed E-state index contributed by atoms with van der Waals surface area (Å²) < 4.78 is 13.6. The van der Waals surface area contributed by atoms with Gasteiger partial charge in [0.1, 0.15) is 16.7 Å². The summed E-state index contributed by atoms with van der Waals surface area (Å²) in [7, 11) is 0. The molecule has 0 N–H and O–H groups in total. The van der Waals surface area contributed by atoms with Gasteiger partial charge >= 0.3 is 0 Å². The van der Waals surface area contributed by atoms with E-state index in [1.807, 2.05) is 19.9 Å². The molecule has 1 heterocycles. The Balaban J connectivity index is 2.16. The van der Waals surface area contributed by atoms with Crippen LogP contribution in [0.15, 0.2) is 29.3 Å². The summed E-state index contributed by atoms with van der Waals surface area (Å²) in [6.45, 7) is 3.75. The van der Waals surface area contributed by atoms with Gasteiger partial charge in [0.25, 0.3) is 0 Å². The summed E-state index contributed by atoms with van der Waals surface area (Å²) in [4.78, 5) is 8.49. The van der Waals surface area contributed by atoms with E-state index in [4.69, 9.17) is 11.6 Å². The highest BCUT2D eigenvalue weighted by molar-refractivity contribution is 7.98. The quantitative estimate of drug-likeness (QED) is 0.624. The van der Waals surface area contributed by atoms with E-state index >= 15 is 0 Å². The molecule has 0 unspecified atom stereocenters. The lowest BCUT2D eigenvalue weighted by Crippen LogP contribution is -1.94. The molecule has 0 atom stereocenters. The van der Waals surface area contributed by atoms with Crippen molar-refractivity contribution in [3.8, 4) is 0 Å². The molecular formula is C13H12ClFN2S. The summed E-state index contributed by atoms with van der Waals surface area (Å²) in [5.74, 6) is 0.899. The Morgan fingerprint density at radius 1 is 1.28 bits per heavy atom. The van der Waals surface area contributed by atoms with Crippen molar-refractivity contribution in [3.63, 3.8) is 0 Å². The molecule has 0 aliphatic rings. The van der Waals surface area contributed by atoms with Crippen LogP contribution < -0.4 is 0 Å². The van der Waals surface area contributed by atoms with Gasteiger partial charge in [0.2, 0.25) is 0 Å². The zero-order valence-electron chi connectivity index (χ0n) is 10.1. The molecule has 5 heteroatoms. The van der Waals surface area contributed by atoms with Crippen molar-refractivity contribution < 1.29 is 4.39 Å². The fraction of sp³-hybridized carbons (Fsp3) is 0.231. The number of halogens is 2. The van der Waals surface area contributed by atoms with Crippen molar-refractivity contribution in [2.45, 2.75) is 24.6 Å². The normalized spacial score (nSPS) is 10.7. The summed E-state index contributed by atoms with van der Waals surface area (Å²) in [5, 5.41) is 1.28. The smallest absolute Gasteiger partial charge is 0.128 e. The molecule has 0 bridgehead atoms. The van der Waals surface area contributed by atoms with Gasteiger partial charge in [-0.05, 0) is 32.0 Å². The number of nitrogens with zero attached hydrogens (tertiary/aromatic N) is 2. The zero-order chi connectivity index (χ0) is 13.1. The second kappa shape index (κ2) is 5.67. The molecule has 94 valence electrons. The molecule has 0 aliphatic heterocycles.